The van der Waals surface area contributed by atoms with Gasteiger partial charge in [0, 0.05) is 6.07 Å². The van der Waals surface area contributed by atoms with Gasteiger partial charge in [-0.1, -0.05) is 12.1 Å². The fourth-order valence-electron chi connectivity index (χ4n) is 1.26. The molecule has 1 aromatic rings. The molecular formula is C9H11N2O5+. The standard InChI is InChI=1S/C9H10N2O5/c10-7(9(13)14)8(12)5-3-1-2-4-6(5)11(15)16/h1-4,7-8,12H,10H2,(H,13,14)/p+1. The number of nitrogens with zero attached hydrogens (tertiary/aromatic N) is 1. The number of benzene rings is 1. The van der Waals surface area contributed by atoms with Gasteiger partial charge in [-0.25, -0.2) is 4.79 Å². The quantitative estimate of drug-likeness (QED) is 0.463. The molecule has 0 amide bonds. The number of rotatable bonds is 4. The van der Waals surface area contributed by atoms with E-state index >= 15 is 0 Å². The highest BCUT2D eigenvalue weighted by molar-refractivity contribution is 5.73. The summed E-state index contributed by atoms with van der Waals surface area (Å²) in [6, 6.07) is 4.09. The van der Waals surface area contributed by atoms with E-state index in [4.69, 9.17) is 5.11 Å². The van der Waals surface area contributed by atoms with Crippen LogP contribution in [0.3, 0.4) is 0 Å². The van der Waals surface area contributed by atoms with Crippen LogP contribution in [0, 0.1) is 10.1 Å². The van der Waals surface area contributed by atoms with Crippen molar-refractivity contribution in [3.05, 3.63) is 39.9 Å². The van der Waals surface area contributed by atoms with Crippen molar-refractivity contribution in [1.29, 1.82) is 0 Å². The number of carbonyl (C=O) groups is 1. The summed E-state index contributed by atoms with van der Waals surface area (Å²) in [5, 5.41) is 28.9. The molecule has 0 aliphatic rings. The number of carboxylic acids is 1. The number of hydrogen-bond acceptors (Lipinski definition) is 4. The summed E-state index contributed by atoms with van der Waals surface area (Å²) in [5.41, 5.74) is 2.88. The lowest BCUT2D eigenvalue weighted by molar-refractivity contribution is -0.428. The second kappa shape index (κ2) is 4.69. The minimum Gasteiger partial charge on any atom is -0.477 e. The molecular weight excluding hydrogens is 216 g/mol. The first-order valence-corrected chi connectivity index (χ1v) is 4.42. The molecule has 0 fully saturated rings. The molecule has 0 bridgehead atoms. The Bertz CT molecular complexity index is 420. The van der Waals surface area contributed by atoms with Crippen molar-refractivity contribution in [2.45, 2.75) is 12.1 Å². The van der Waals surface area contributed by atoms with Gasteiger partial charge < -0.3 is 15.9 Å². The number of nitro groups is 1. The third-order valence-electron chi connectivity index (χ3n) is 2.15. The Morgan fingerprint density at radius 3 is 2.50 bits per heavy atom. The minimum atomic E-state index is -1.50. The van der Waals surface area contributed by atoms with Gasteiger partial charge in [0.25, 0.3) is 5.69 Å². The molecule has 0 aromatic heterocycles. The van der Waals surface area contributed by atoms with Crippen LogP contribution in [-0.2, 0) is 4.79 Å². The van der Waals surface area contributed by atoms with E-state index in [0.29, 0.717) is 0 Å². The van der Waals surface area contributed by atoms with Crippen molar-refractivity contribution in [2.75, 3.05) is 0 Å². The lowest BCUT2D eigenvalue weighted by atomic mass is 10.0. The van der Waals surface area contributed by atoms with Crippen molar-refractivity contribution in [2.24, 2.45) is 0 Å². The number of para-hydroxylation sites is 1. The smallest absolute Gasteiger partial charge is 0.365 e. The molecule has 1 rings (SSSR count). The fraction of sp³-hybridized carbons (Fsp3) is 0.222. The topological polar surface area (TPSA) is 128 Å². The number of aliphatic hydroxyl groups excluding tert-OH is 1. The Morgan fingerprint density at radius 1 is 1.44 bits per heavy atom. The lowest BCUT2D eigenvalue weighted by Crippen LogP contribution is -2.67. The second-order valence-electron chi connectivity index (χ2n) is 3.21. The number of hydrogen-bond donors (Lipinski definition) is 3. The Balaban J connectivity index is 3.12. The molecule has 0 aliphatic carbocycles. The van der Waals surface area contributed by atoms with Crippen LogP contribution in [0.15, 0.2) is 24.3 Å². The molecule has 2 unspecified atom stereocenters. The number of quaternary nitrogens is 1. The highest BCUT2D eigenvalue weighted by atomic mass is 16.6. The number of carboxylic acid groups (broad SMARTS) is 1. The number of aliphatic hydroxyl groups is 1. The third-order valence-corrected chi connectivity index (χ3v) is 2.15. The van der Waals surface area contributed by atoms with Crippen molar-refractivity contribution in [1.82, 2.24) is 0 Å². The Labute approximate surface area is 90.3 Å². The molecule has 5 N–H and O–H groups in total. The van der Waals surface area contributed by atoms with Gasteiger partial charge in [-0.3, -0.25) is 10.1 Å². The summed E-state index contributed by atoms with van der Waals surface area (Å²) in [6.45, 7) is 0. The van der Waals surface area contributed by atoms with Crippen LogP contribution < -0.4 is 5.73 Å². The zero-order valence-electron chi connectivity index (χ0n) is 8.24. The maximum atomic E-state index is 10.6. The van der Waals surface area contributed by atoms with Gasteiger partial charge in [0.2, 0.25) is 6.04 Å². The van der Waals surface area contributed by atoms with E-state index in [-0.39, 0.29) is 11.3 Å². The number of aliphatic carboxylic acids is 1. The van der Waals surface area contributed by atoms with Crippen molar-refractivity contribution < 1.29 is 25.7 Å². The molecule has 2 atom stereocenters. The second-order valence-corrected chi connectivity index (χ2v) is 3.21. The van der Waals surface area contributed by atoms with E-state index in [2.05, 4.69) is 5.73 Å². The maximum absolute atomic E-state index is 10.6. The van der Waals surface area contributed by atoms with Crippen molar-refractivity contribution in [3.8, 4) is 0 Å². The predicted molar refractivity (Wildman–Crippen MR) is 52.4 cm³/mol. The zero-order chi connectivity index (χ0) is 12.3. The lowest BCUT2D eigenvalue weighted by Gasteiger charge is -2.12. The maximum Gasteiger partial charge on any atom is 0.365 e. The van der Waals surface area contributed by atoms with Gasteiger partial charge in [0.15, 0.2) is 0 Å². The van der Waals surface area contributed by atoms with E-state index in [1.165, 1.54) is 24.3 Å². The first kappa shape index (κ1) is 12.1. The summed E-state index contributed by atoms with van der Waals surface area (Å²) in [5.74, 6) is -1.31. The summed E-state index contributed by atoms with van der Waals surface area (Å²) in [6.07, 6.45) is -1.50. The van der Waals surface area contributed by atoms with Crippen LogP contribution >= 0.6 is 0 Å². The highest BCUT2D eigenvalue weighted by Gasteiger charge is 2.32. The van der Waals surface area contributed by atoms with Gasteiger partial charge in [-0.2, -0.15) is 0 Å². The monoisotopic (exact) mass is 227 g/mol. The molecule has 0 spiro atoms. The Hall–Kier alpha value is -1.99. The Morgan fingerprint density at radius 2 is 2.00 bits per heavy atom. The Kier molecular flexibility index (Phi) is 3.54. The molecule has 1 aromatic carbocycles. The van der Waals surface area contributed by atoms with Crippen LogP contribution in [0.2, 0.25) is 0 Å². The molecule has 0 saturated carbocycles. The van der Waals surface area contributed by atoms with E-state index in [1.807, 2.05) is 0 Å². The molecule has 7 nitrogen and oxygen atoms in total. The van der Waals surface area contributed by atoms with Gasteiger partial charge in [-0.15, -0.1) is 0 Å². The summed E-state index contributed by atoms with van der Waals surface area (Å²) < 4.78 is 0. The average Bonchev–Trinajstić information content (AvgIpc) is 2.26. The third kappa shape index (κ3) is 2.33. The van der Waals surface area contributed by atoms with Crippen molar-refractivity contribution >= 4 is 11.7 Å². The van der Waals surface area contributed by atoms with Gasteiger partial charge in [-0.05, 0) is 6.07 Å². The first-order chi connectivity index (χ1) is 7.45. The summed E-state index contributed by atoms with van der Waals surface area (Å²) in [4.78, 5) is 20.6. The molecule has 0 aliphatic heterocycles. The zero-order valence-corrected chi connectivity index (χ0v) is 8.24. The molecule has 0 radical (unpaired) electrons. The van der Waals surface area contributed by atoms with E-state index in [1.54, 1.807) is 0 Å². The van der Waals surface area contributed by atoms with E-state index < -0.39 is 23.0 Å². The molecule has 16 heavy (non-hydrogen) atoms. The summed E-state index contributed by atoms with van der Waals surface area (Å²) >= 11 is 0. The van der Waals surface area contributed by atoms with Gasteiger partial charge >= 0.3 is 5.97 Å². The average molecular weight is 227 g/mol. The SMILES string of the molecule is [NH3+]C(C(=O)O)C(O)c1ccccc1[N+](=O)[O-]. The van der Waals surface area contributed by atoms with Crippen LogP contribution in [0.25, 0.3) is 0 Å². The predicted octanol–water partition coefficient (Wildman–Crippen LogP) is -0.677. The largest absolute Gasteiger partial charge is 0.477 e. The van der Waals surface area contributed by atoms with Gasteiger partial charge in [0.1, 0.15) is 6.10 Å². The molecule has 0 saturated heterocycles. The molecule has 86 valence electrons. The fourth-order valence-corrected chi connectivity index (χ4v) is 1.26. The summed E-state index contributed by atoms with van der Waals surface area (Å²) in [7, 11) is 0. The normalized spacial score (nSPS) is 14.1. The molecule has 7 heteroatoms. The van der Waals surface area contributed by atoms with Gasteiger partial charge in [0.05, 0.1) is 10.5 Å². The van der Waals surface area contributed by atoms with Crippen LogP contribution in [0.1, 0.15) is 11.7 Å². The van der Waals surface area contributed by atoms with Crippen LogP contribution in [0.5, 0.6) is 0 Å². The van der Waals surface area contributed by atoms with Crippen LogP contribution in [0.4, 0.5) is 5.69 Å². The minimum absolute atomic E-state index is 0.0464. The van der Waals surface area contributed by atoms with E-state index in [9.17, 15) is 20.0 Å². The van der Waals surface area contributed by atoms with E-state index in [0.717, 1.165) is 0 Å². The van der Waals surface area contributed by atoms with Crippen molar-refractivity contribution in [3.63, 3.8) is 0 Å². The number of nitro benzene ring substituents is 1. The van der Waals surface area contributed by atoms with Crippen LogP contribution in [-0.4, -0.2) is 27.1 Å². The first-order valence-electron chi connectivity index (χ1n) is 4.42. The highest BCUT2D eigenvalue weighted by Crippen LogP contribution is 2.25. The molecule has 0 heterocycles.